The molecule has 0 atom stereocenters. The van der Waals surface area contributed by atoms with Crippen molar-refractivity contribution in [3.8, 4) is 10.4 Å². The van der Waals surface area contributed by atoms with Gasteiger partial charge in [0, 0.05) is 35.3 Å². The van der Waals surface area contributed by atoms with Crippen LogP contribution in [0.25, 0.3) is 21.3 Å². The molecule has 0 aliphatic heterocycles. The fourth-order valence-corrected chi connectivity index (χ4v) is 5.90. The van der Waals surface area contributed by atoms with Crippen LogP contribution < -0.4 is 0 Å². The molecule has 0 amide bonds. The number of hydrogen-bond donors (Lipinski definition) is 1. The molecule has 4 rings (SSSR count). The summed E-state index contributed by atoms with van der Waals surface area (Å²) in [5, 5.41) is 9.34. The number of aliphatic carboxylic acids is 1. The lowest BCUT2D eigenvalue weighted by Gasteiger charge is -2.05. The summed E-state index contributed by atoms with van der Waals surface area (Å²) in [4.78, 5) is 15.7. The van der Waals surface area contributed by atoms with Gasteiger partial charge in [-0.1, -0.05) is 0 Å². The Bertz CT molecular complexity index is 1310. The van der Waals surface area contributed by atoms with Crippen molar-refractivity contribution in [2.24, 2.45) is 0 Å². The molecule has 148 valence electrons. The third-order valence-corrected chi connectivity index (χ3v) is 7.76. The minimum absolute atomic E-state index is 0.102. The number of halogens is 1. The van der Waals surface area contributed by atoms with Crippen molar-refractivity contribution in [3.05, 3.63) is 72.4 Å². The Kier molecular flexibility index (Phi) is 4.93. The number of rotatable bonds is 6. The Morgan fingerprint density at radius 2 is 1.90 bits per heavy atom. The van der Waals surface area contributed by atoms with Gasteiger partial charge in [-0.3, -0.25) is 9.78 Å². The van der Waals surface area contributed by atoms with Crippen LogP contribution in [-0.4, -0.2) is 28.5 Å². The van der Waals surface area contributed by atoms with E-state index in [-0.39, 0.29) is 17.1 Å². The smallest absolute Gasteiger partial charge is 0.303 e. The van der Waals surface area contributed by atoms with E-state index in [0.717, 1.165) is 25.7 Å². The highest BCUT2D eigenvalue weighted by Crippen LogP contribution is 2.34. The highest BCUT2D eigenvalue weighted by molar-refractivity contribution is 7.92. The average Bonchev–Trinajstić information content (AvgIpc) is 3.33. The zero-order valence-corrected chi connectivity index (χ0v) is 16.6. The molecule has 1 aromatic carbocycles. The molecule has 0 bridgehead atoms. The number of carboxylic acid groups (broad SMARTS) is 1. The van der Waals surface area contributed by atoms with E-state index in [0.29, 0.717) is 16.5 Å². The molecule has 3 aromatic heterocycles. The van der Waals surface area contributed by atoms with Gasteiger partial charge in [0.05, 0.1) is 5.52 Å². The van der Waals surface area contributed by atoms with Gasteiger partial charge in [0.25, 0.3) is 10.0 Å². The number of carbonyl (C=O) groups is 1. The quantitative estimate of drug-likeness (QED) is 0.496. The van der Waals surface area contributed by atoms with Gasteiger partial charge in [-0.15, -0.1) is 11.3 Å². The zero-order valence-electron chi connectivity index (χ0n) is 14.9. The van der Waals surface area contributed by atoms with Crippen LogP contribution in [-0.2, 0) is 21.2 Å². The number of aryl methyl sites for hydroxylation is 1. The minimum atomic E-state index is -3.93. The molecule has 0 radical (unpaired) electrons. The Labute approximate surface area is 169 Å². The van der Waals surface area contributed by atoms with E-state index in [2.05, 4.69) is 4.98 Å². The van der Waals surface area contributed by atoms with Gasteiger partial charge in [-0.2, -0.15) is 8.42 Å². The van der Waals surface area contributed by atoms with E-state index < -0.39 is 21.8 Å². The number of hydrogen-bond acceptors (Lipinski definition) is 5. The standard InChI is InChI=1S/C20H15FN2O4S2/c21-15-2-3-17-16(11-15)14(1-5-19(24)25)12-23(17)29(26,27)20-6-4-18(28-20)13-7-9-22-10-8-13/h2-4,6-12H,1,5H2,(H,24,25). The Balaban J connectivity index is 1.81. The van der Waals surface area contributed by atoms with Gasteiger partial charge in [0.1, 0.15) is 10.0 Å². The molecule has 0 saturated carbocycles. The molecule has 1 N–H and O–H groups in total. The Morgan fingerprint density at radius 1 is 1.14 bits per heavy atom. The van der Waals surface area contributed by atoms with Gasteiger partial charge in [-0.25, -0.2) is 8.36 Å². The summed E-state index contributed by atoms with van der Waals surface area (Å²) >= 11 is 1.12. The molecule has 0 saturated heterocycles. The molecule has 29 heavy (non-hydrogen) atoms. The molecule has 3 heterocycles. The van der Waals surface area contributed by atoms with Crippen molar-refractivity contribution in [2.75, 3.05) is 0 Å². The molecule has 0 aliphatic carbocycles. The van der Waals surface area contributed by atoms with Crippen molar-refractivity contribution in [2.45, 2.75) is 17.1 Å². The van der Waals surface area contributed by atoms with Crippen LogP contribution in [0, 0.1) is 5.82 Å². The van der Waals surface area contributed by atoms with Gasteiger partial charge in [-0.05, 0) is 60.0 Å². The molecule has 0 spiro atoms. The predicted octanol–water partition coefficient (Wildman–Crippen LogP) is 4.16. The first-order chi connectivity index (χ1) is 13.9. The van der Waals surface area contributed by atoms with Crippen LogP contribution >= 0.6 is 11.3 Å². The molecule has 0 aliphatic rings. The first kappa shape index (κ1) is 19.3. The molecule has 4 aromatic rings. The molecule has 0 fully saturated rings. The highest BCUT2D eigenvalue weighted by atomic mass is 32.2. The molecule has 0 unspecified atom stereocenters. The SMILES string of the molecule is O=C(O)CCc1cn(S(=O)(=O)c2ccc(-c3ccncc3)s2)c2ccc(F)cc12. The number of nitrogens with zero attached hydrogens (tertiary/aromatic N) is 2. The van der Waals surface area contributed by atoms with E-state index in [1.54, 1.807) is 30.6 Å². The van der Waals surface area contributed by atoms with Crippen LogP contribution in [0.2, 0.25) is 0 Å². The predicted molar refractivity (Wildman–Crippen MR) is 108 cm³/mol. The molecule has 6 nitrogen and oxygen atoms in total. The van der Waals surface area contributed by atoms with E-state index in [1.165, 1.54) is 30.5 Å². The topological polar surface area (TPSA) is 89.3 Å². The van der Waals surface area contributed by atoms with E-state index in [1.807, 2.05) is 0 Å². The van der Waals surface area contributed by atoms with Crippen LogP contribution in [0.5, 0.6) is 0 Å². The van der Waals surface area contributed by atoms with E-state index in [9.17, 15) is 17.6 Å². The fourth-order valence-electron chi connectivity index (χ4n) is 3.10. The number of aromatic nitrogens is 2. The first-order valence-electron chi connectivity index (χ1n) is 8.63. The summed E-state index contributed by atoms with van der Waals surface area (Å²) in [5.41, 5.74) is 1.63. The van der Waals surface area contributed by atoms with Gasteiger partial charge in [0.2, 0.25) is 0 Å². The van der Waals surface area contributed by atoms with Gasteiger partial charge >= 0.3 is 5.97 Å². The van der Waals surface area contributed by atoms with Crippen molar-refractivity contribution in [3.63, 3.8) is 0 Å². The second-order valence-electron chi connectivity index (χ2n) is 6.36. The minimum Gasteiger partial charge on any atom is -0.481 e. The van der Waals surface area contributed by atoms with Crippen molar-refractivity contribution >= 4 is 38.2 Å². The lowest BCUT2D eigenvalue weighted by molar-refractivity contribution is -0.136. The molecule has 9 heteroatoms. The molecular formula is C20H15FN2O4S2. The largest absolute Gasteiger partial charge is 0.481 e. The summed E-state index contributed by atoms with van der Waals surface area (Å²) in [5.74, 6) is -1.52. The number of fused-ring (bicyclic) bond motifs is 1. The monoisotopic (exact) mass is 430 g/mol. The summed E-state index contributed by atoms with van der Waals surface area (Å²) in [7, 11) is -3.93. The zero-order chi connectivity index (χ0) is 20.6. The average molecular weight is 430 g/mol. The maximum absolute atomic E-state index is 13.8. The number of benzene rings is 1. The number of pyridine rings is 1. The number of carboxylic acids is 1. The van der Waals surface area contributed by atoms with Crippen LogP contribution in [0.1, 0.15) is 12.0 Å². The molecular weight excluding hydrogens is 415 g/mol. The van der Waals surface area contributed by atoms with Gasteiger partial charge < -0.3 is 5.11 Å². The van der Waals surface area contributed by atoms with Crippen molar-refractivity contribution < 1.29 is 22.7 Å². The second-order valence-corrected chi connectivity index (χ2v) is 9.49. The van der Waals surface area contributed by atoms with E-state index >= 15 is 0 Å². The van der Waals surface area contributed by atoms with Gasteiger partial charge in [0.15, 0.2) is 0 Å². The summed E-state index contributed by atoms with van der Waals surface area (Å²) < 4.78 is 41.5. The fraction of sp³-hybridized carbons (Fsp3) is 0.100. The highest BCUT2D eigenvalue weighted by Gasteiger charge is 2.24. The summed E-state index contributed by atoms with van der Waals surface area (Å²) in [6, 6.07) is 10.6. The summed E-state index contributed by atoms with van der Waals surface area (Å²) in [6.45, 7) is 0. The van der Waals surface area contributed by atoms with E-state index in [4.69, 9.17) is 5.11 Å². The Hall–Kier alpha value is -3.04. The second kappa shape index (κ2) is 7.41. The van der Waals surface area contributed by atoms with Crippen molar-refractivity contribution in [1.29, 1.82) is 0 Å². The number of thiophene rings is 1. The Morgan fingerprint density at radius 3 is 2.62 bits per heavy atom. The van der Waals surface area contributed by atoms with Crippen molar-refractivity contribution in [1.82, 2.24) is 8.96 Å². The van der Waals surface area contributed by atoms with Crippen LogP contribution in [0.3, 0.4) is 0 Å². The third-order valence-electron chi connectivity index (χ3n) is 4.48. The van der Waals surface area contributed by atoms with Crippen LogP contribution in [0.4, 0.5) is 4.39 Å². The maximum Gasteiger partial charge on any atom is 0.303 e. The summed E-state index contributed by atoms with van der Waals surface area (Å²) in [6.07, 6.45) is 4.57. The maximum atomic E-state index is 13.8. The normalized spacial score (nSPS) is 11.8. The third kappa shape index (κ3) is 3.66. The first-order valence-corrected chi connectivity index (χ1v) is 10.9. The lowest BCUT2D eigenvalue weighted by Crippen LogP contribution is -2.10. The van der Waals surface area contributed by atoms with Crippen LogP contribution in [0.15, 0.2) is 65.3 Å². The lowest BCUT2D eigenvalue weighted by atomic mass is 10.1.